The van der Waals surface area contributed by atoms with Crippen LogP contribution in [0.2, 0.25) is 0 Å². The molecule has 0 aliphatic carbocycles. The fourth-order valence-electron chi connectivity index (χ4n) is 2.69. The maximum atomic E-state index is 11.5. The van der Waals surface area contributed by atoms with Crippen molar-refractivity contribution in [3.05, 3.63) is 69.5 Å². The van der Waals surface area contributed by atoms with Gasteiger partial charge in [0, 0.05) is 23.1 Å². The Morgan fingerprint density at radius 1 is 1.23 bits per heavy atom. The Balaban J connectivity index is 1.64. The van der Waals surface area contributed by atoms with Crippen LogP contribution in [0.1, 0.15) is 33.4 Å². The molecule has 0 unspecified atom stereocenters. The summed E-state index contributed by atoms with van der Waals surface area (Å²) in [6.07, 6.45) is 0.825. The van der Waals surface area contributed by atoms with E-state index in [4.69, 9.17) is 0 Å². The molecular formula is C21H19N3OS. The Morgan fingerprint density at radius 2 is 2.00 bits per heavy atom. The highest BCUT2D eigenvalue weighted by atomic mass is 32.1. The summed E-state index contributed by atoms with van der Waals surface area (Å²) in [4.78, 5) is 16.0. The zero-order valence-corrected chi connectivity index (χ0v) is 15.6. The molecule has 0 saturated heterocycles. The van der Waals surface area contributed by atoms with Gasteiger partial charge in [-0.25, -0.2) is 4.98 Å². The van der Waals surface area contributed by atoms with Crippen molar-refractivity contribution in [2.24, 2.45) is 0 Å². The standard InChI is InChI=1S/C21H19N3OS/c1-14(25)18-7-8-19(12-22)20(11-18)23-10-9-16-3-5-17(6-4-16)21-13-26-15(2)24-21/h3-8,11,13,23H,9-10H2,1-2H3. The fraction of sp³-hybridized carbons (Fsp3) is 0.190. The van der Waals surface area contributed by atoms with Crippen molar-refractivity contribution in [3.63, 3.8) is 0 Å². The molecule has 0 aliphatic rings. The fourth-order valence-corrected chi connectivity index (χ4v) is 3.31. The van der Waals surface area contributed by atoms with Gasteiger partial charge < -0.3 is 5.32 Å². The minimum atomic E-state index is -0.00888. The number of rotatable bonds is 6. The quantitative estimate of drug-likeness (QED) is 0.638. The minimum absolute atomic E-state index is 0.00888. The second-order valence-corrected chi connectivity index (χ2v) is 7.12. The SMILES string of the molecule is CC(=O)c1ccc(C#N)c(NCCc2ccc(-c3csc(C)n3)cc2)c1. The highest BCUT2D eigenvalue weighted by Gasteiger charge is 2.07. The monoisotopic (exact) mass is 361 g/mol. The van der Waals surface area contributed by atoms with E-state index < -0.39 is 0 Å². The van der Waals surface area contributed by atoms with Gasteiger partial charge in [0.2, 0.25) is 0 Å². The van der Waals surface area contributed by atoms with Crippen LogP contribution in [-0.4, -0.2) is 17.3 Å². The third kappa shape index (κ3) is 4.16. The summed E-state index contributed by atoms with van der Waals surface area (Å²) in [5.41, 5.74) is 5.19. The van der Waals surface area contributed by atoms with Crippen LogP contribution >= 0.6 is 11.3 Å². The van der Waals surface area contributed by atoms with E-state index in [0.29, 0.717) is 23.4 Å². The Kier molecular flexibility index (Phi) is 5.45. The van der Waals surface area contributed by atoms with E-state index in [1.807, 2.05) is 6.92 Å². The van der Waals surface area contributed by atoms with Crippen molar-refractivity contribution >= 4 is 22.8 Å². The Morgan fingerprint density at radius 3 is 2.62 bits per heavy atom. The van der Waals surface area contributed by atoms with Crippen LogP contribution in [0.3, 0.4) is 0 Å². The number of Topliss-reactive ketones (excluding diaryl/α,β-unsaturated/α-hetero) is 1. The van der Waals surface area contributed by atoms with Gasteiger partial charge in [0.25, 0.3) is 0 Å². The summed E-state index contributed by atoms with van der Waals surface area (Å²) in [6, 6.07) is 15.6. The lowest BCUT2D eigenvalue weighted by atomic mass is 10.1. The lowest BCUT2D eigenvalue weighted by Crippen LogP contribution is -2.07. The number of hydrogen-bond acceptors (Lipinski definition) is 5. The molecule has 0 atom stereocenters. The molecule has 1 N–H and O–H groups in total. The van der Waals surface area contributed by atoms with E-state index in [-0.39, 0.29) is 5.78 Å². The van der Waals surface area contributed by atoms with Crippen LogP contribution in [0.15, 0.2) is 47.8 Å². The number of aromatic nitrogens is 1. The minimum Gasteiger partial charge on any atom is -0.384 e. The number of anilines is 1. The summed E-state index contributed by atoms with van der Waals surface area (Å²) >= 11 is 1.65. The van der Waals surface area contributed by atoms with Crippen LogP contribution in [-0.2, 0) is 6.42 Å². The topological polar surface area (TPSA) is 65.8 Å². The van der Waals surface area contributed by atoms with Crippen molar-refractivity contribution < 1.29 is 4.79 Å². The van der Waals surface area contributed by atoms with E-state index in [0.717, 1.165) is 22.7 Å². The number of nitrogens with zero attached hydrogens (tertiary/aromatic N) is 2. The molecule has 0 amide bonds. The van der Waals surface area contributed by atoms with Gasteiger partial charge in [0.05, 0.1) is 22.0 Å². The third-order valence-electron chi connectivity index (χ3n) is 4.14. The molecule has 0 radical (unpaired) electrons. The lowest BCUT2D eigenvalue weighted by Gasteiger charge is -2.10. The molecule has 0 spiro atoms. The predicted octanol–water partition coefficient (Wildman–Crippen LogP) is 4.85. The van der Waals surface area contributed by atoms with E-state index in [1.54, 1.807) is 29.5 Å². The smallest absolute Gasteiger partial charge is 0.159 e. The molecule has 3 rings (SSSR count). The first-order valence-electron chi connectivity index (χ1n) is 8.37. The first-order valence-corrected chi connectivity index (χ1v) is 9.25. The molecule has 130 valence electrons. The van der Waals surface area contributed by atoms with Gasteiger partial charge >= 0.3 is 0 Å². The number of hydrogen-bond donors (Lipinski definition) is 1. The van der Waals surface area contributed by atoms with Crippen LogP contribution in [0.25, 0.3) is 11.3 Å². The van der Waals surface area contributed by atoms with Crippen molar-refractivity contribution in [3.8, 4) is 17.3 Å². The molecule has 5 heteroatoms. The van der Waals surface area contributed by atoms with Gasteiger partial charge in [-0.2, -0.15) is 5.26 Å². The van der Waals surface area contributed by atoms with Gasteiger partial charge in [-0.3, -0.25) is 4.79 Å². The third-order valence-corrected chi connectivity index (χ3v) is 4.92. The zero-order chi connectivity index (χ0) is 18.5. The average Bonchev–Trinajstić information content (AvgIpc) is 3.08. The molecule has 0 saturated carbocycles. The molecule has 1 aromatic heterocycles. The second kappa shape index (κ2) is 7.94. The molecule has 3 aromatic rings. The van der Waals surface area contributed by atoms with E-state index >= 15 is 0 Å². The second-order valence-electron chi connectivity index (χ2n) is 6.05. The maximum absolute atomic E-state index is 11.5. The van der Waals surface area contributed by atoms with Crippen LogP contribution < -0.4 is 5.32 Å². The predicted molar refractivity (Wildman–Crippen MR) is 106 cm³/mol. The molecular weight excluding hydrogens is 342 g/mol. The van der Waals surface area contributed by atoms with Gasteiger partial charge in [-0.05, 0) is 44.0 Å². The van der Waals surface area contributed by atoms with Crippen LogP contribution in [0.4, 0.5) is 5.69 Å². The first-order chi connectivity index (χ1) is 12.6. The number of ketones is 1. The van der Waals surface area contributed by atoms with Gasteiger partial charge in [0.15, 0.2) is 5.78 Å². The largest absolute Gasteiger partial charge is 0.384 e. The first kappa shape index (κ1) is 17.8. The summed E-state index contributed by atoms with van der Waals surface area (Å²) in [6.45, 7) is 4.21. The zero-order valence-electron chi connectivity index (χ0n) is 14.7. The van der Waals surface area contributed by atoms with Gasteiger partial charge in [0.1, 0.15) is 6.07 Å². The highest BCUT2D eigenvalue weighted by Crippen LogP contribution is 2.22. The number of benzene rings is 2. The average molecular weight is 361 g/mol. The van der Waals surface area contributed by atoms with Crippen LogP contribution in [0.5, 0.6) is 0 Å². The number of thiazole rings is 1. The van der Waals surface area contributed by atoms with Gasteiger partial charge in [-0.15, -0.1) is 11.3 Å². The van der Waals surface area contributed by atoms with Crippen molar-refractivity contribution in [2.45, 2.75) is 20.3 Å². The van der Waals surface area contributed by atoms with Crippen molar-refractivity contribution in [1.29, 1.82) is 5.26 Å². The highest BCUT2D eigenvalue weighted by molar-refractivity contribution is 7.09. The lowest BCUT2D eigenvalue weighted by molar-refractivity contribution is 0.101. The summed E-state index contributed by atoms with van der Waals surface area (Å²) < 4.78 is 0. The van der Waals surface area contributed by atoms with Gasteiger partial charge in [-0.1, -0.05) is 24.3 Å². The molecule has 1 heterocycles. The summed E-state index contributed by atoms with van der Waals surface area (Å²) in [5, 5.41) is 15.6. The number of nitrogens with one attached hydrogen (secondary N) is 1. The Hall–Kier alpha value is -2.97. The molecule has 0 fully saturated rings. The van der Waals surface area contributed by atoms with E-state index in [1.165, 1.54) is 12.5 Å². The molecule has 4 nitrogen and oxygen atoms in total. The summed E-state index contributed by atoms with van der Waals surface area (Å²) in [7, 11) is 0. The number of aryl methyl sites for hydroxylation is 1. The molecule has 2 aromatic carbocycles. The maximum Gasteiger partial charge on any atom is 0.159 e. The van der Waals surface area contributed by atoms with Crippen molar-refractivity contribution in [1.82, 2.24) is 4.98 Å². The normalized spacial score (nSPS) is 10.3. The number of nitriles is 1. The molecule has 0 bridgehead atoms. The molecule has 26 heavy (non-hydrogen) atoms. The molecule has 0 aliphatic heterocycles. The Labute approximate surface area is 157 Å². The number of carbonyl (C=O) groups excluding carboxylic acids is 1. The summed E-state index contributed by atoms with van der Waals surface area (Å²) in [5.74, 6) is -0.00888. The number of carbonyl (C=O) groups is 1. The van der Waals surface area contributed by atoms with E-state index in [9.17, 15) is 10.1 Å². The van der Waals surface area contributed by atoms with Crippen LogP contribution in [0, 0.1) is 18.3 Å². The van der Waals surface area contributed by atoms with E-state index in [2.05, 4.69) is 46.0 Å². The Bertz CT molecular complexity index is 968. The van der Waals surface area contributed by atoms with Crippen molar-refractivity contribution in [2.75, 3.05) is 11.9 Å².